The van der Waals surface area contributed by atoms with Gasteiger partial charge >= 0.3 is 7.12 Å². The Labute approximate surface area is 123 Å². The molecule has 1 fully saturated rings. The lowest BCUT2D eigenvalue weighted by atomic mass is 9.79. The van der Waals surface area contributed by atoms with Crippen LogP contribution < -0.4 is 10.2 Å². The quantitative estimate of drug-likeness (QED) is 0.809. The molecule has 0 saturated carbocycles. The third-order valence-corrected chi connectivity index (χ3v) is 3.32. The van der Waals surface area contributed by atoms with E-state index in [4.69, 9.17) is 25.6 Å². The molecule has 1 aliphatic rings. The normalized spacial score (nSPS) is 18.2. The van der Waals surface area contributed by atoms with Crippen LogP contribution in [-0.4, -0.2) is 26.4 Å². The summed E-state index contributed by atoms with van der Waals surface area (Å²) >= 11 is 5.83. The molecule has 2 aromatic rings. The first-order valence-electron chi connectivity index (χ1n) is 6.51. The maximum atomic E-state index is 5.83. The van der Waals surface area contributed by atoms with Gasteiger partial charge in [-0.25, -0.2) is 0 Å². The number of ether oxygens (including phenoxy) is 1. The van der Waals surface area contributed by atoms with E-state index in [2.05, 4.69) is 0 Å². The molecule has 5 heteroatoms. The van der Waals surface area contributed by atoms with Gasteiger partial charge in [-0.1, -0.05) is 41.9 Å². The zero-order valence-corrected chi connectivity index (χ0v) is 11.6. The van der Waals surface area contributed by atoms with Crippen molar-refractivity contribution in [3.63, 3.8) is 0 Å². The predicted molar refractivity (Wildman–Crippen MR) is 79.6 cm³/mol. The van der Waals surface area contributed by atoms with Crippen molar-refractivity contribution < 1.29 is 14.0 Å². The third-order valence-electron chi connectivity index (χ3n) is 3.07. The molecule has 1 heterocycles. The lowest BCUT2D eigenvalue weighted by molar-refractivity contribution is 0.148. The third kappa shape index (κ3) is 3.34. The van der Waals surface area contributed by atoms with Crippen LogP contribution in [0.3, 0.4) is 0 Å². The number of hydrogen-bond acceptors (Lipinski definition) is 3. The van der Waals surface area contributed by atoms with Gasteiger partial charge in [-0.2, -0.15) is 0 Å². The molecule has 1 saturated heterocycles. The van der Waals surface area contributed by atoms with Crippen LogP contribution in [0.25, 0.3) is 0 Å². The van der Waals surface area contributed by atoms with Crippen LogP contribution in [0.15, 0.2) is 54.6 Å². The van der Waals surface area contributed by atoms with E-state index in [0.717, 1.165) is 11.2 Å². The molecule has 1 aliphatic heterocycles. The second-order valence-corrected chi connectivity index (χ2v) is 5.04. The SMILES string of the molecule is Clc1ccc(OCC2COB(c3ccccc3)O2)cc1. The number of halogens is 1. The van der Waals surface area contributed by atoms with E-state index in [-0.39, 0.29) is 13.2 Å². The second-order valence-electron chi connectivity index (χ2n) is 4.60. The van der Waals surface area contributed by atoms with Gasteiger partial charge < -0.3 is 14.0 Å². The van der Waals surface area contributed by atoms with Crippen molar-refractivity contribution in [2.45, 2.75) is 6.10 Å². The smallest absolute Gasteiger partial charge is 0.491 e. The van der Waals surface area contributed by atoms with Crippen LogP contribution in [0.4, 0.5) is 0 Å². The van der Waals surface area contributed by atoms with Crippen LogP contribution >= 0.6 is 11.6 Å². The molecular formula is C15H14BClO3. The first-order valence-corrected chi connectivity index (χ1v) is 6.89. The molecule has 1 unspecified atom stereocenters. The van der Waals surface area contributed by atoms with E-state index in [1.54, 1.807) is 12.1 Å². The van der Waals surface area contributed by atoms with Crippen LogP contribution in [0.5, 0.6) is 5.75 Å². The van der Waals surface area contributed by atoms with Crippen LogP contribution in [0.2, 0.25) is 5.02 Å². The minimum Gasteiger partial charge on any atom is -0.491 e. The molecule has 0 spiro atoms. The predicted octanol–water partition coefficient (Wildman–Crippen LogP) is 2.53. The average molecular weight is 289 g/mol. The zero-order valence-electron chi connectivity index (χ0n) is 10.9. The Kier molecular flexibility index (Phi) is 4.26. The molecule has 0 aliphatic carbocycles. The van der Waals surface area contributed by atoms with Gasteiger partial charge in [0.2, 0.25) is 0 Å². The fourth-order valence-corrected chi connectivity index (χ4v) is 2.17. The second kappa shape index (κ2) is 6.31. The summed E-state index contributed by atoms with van der Waals surface area (Å²) in [7, 11) is -0.296. The van der Waals surface area contributed by atoms with E-state index in [1.807, 2.05) is 42.5 Å². The summed E-state index contributed by atoms with van der Waals surface area (Å²) in [6.07, 6.45) is -0.0594. The van der Waals surface area contributed by atoms with Crippen molar-refractivity contribution in [3.05, 3.63) is 59.6 Å². The summed E-state index contributed by atoms with van der Waals surface area (Å²) in [4.78, 5) is 0. The molecule has 0 radical (unpaired) electrons. The van der Waals surface area contributed by atoms with Gasteiger partial charge in [-0.3, -0.25) is 0 Å². The Morgan fingerprint density at radius 3 is 2.60 bits per heavy atom. The molecule has 0 bridgehead atoms. The Morgan fingerprint density at radius 1 is 1.10 bits per heavy atom. The highest BCUT2D eigenvalue weighted by Crippen LogP contribution is 2.17. The van der Waals surface area contributed by atoms with Crippen LogP contribution in [-0.2, 0) is 9.31 Å². The van der Waals surface area contributed by atoms with Crippen molar-refractivity contribution >= 4 is 24.2 Å². The fourth-order valence-electron chi connectivity index (χ4n) is 2.04. The topological polar surface area (TPSA) is 27.7 Å². The van der Waals surface area contributed by atoms with Gasteiger partial charge in [0.1, 0.15) is 12.4 Å². The highest BCUT2D eigenvalue weighted by atomic mass is 35.5. The van der Waals surface area contributed by atoms with Crippen molar-refractivity contribution in [1.29, 1.82) is 0 Å². The summed E-state index contributed by atoms with van der Waals surface area (Å²) in [5.74, 6) is 0.779. The van der Waals surface area contributed by atoms with Crippen molar-refractivity contribution in [2.75, 3.05) is 13.2 Å². The van der Waals surface area contributed by atoms with E-state index in [1.165, 1.54) is 0 Å². The van der Waals surface area contributed by atoms with Crippen LogP contribution in [0.1, 0.15) is 0 Å². The van der Waals surface area contributed by atoms with Gasteiger partial charge in [-0.05, 0) is 29.7 Å². The van der Waals surface area contributed by atoms with Gasteiger partial charge in [0.05, 0.1) is 12.7 Å². The van der Waals surface area contributed by atoms with Crippen molar-refractivity contribution in [1.82, 2.24) is 0 Å². The first kappa shape index (κ1) is 13.5. The van der Waals surface area contributed by atoms with Gasteiger partial charge in [0.15, 0.2) is 0 Å². The maximum Gasteiger partial charge on any atom is 0.494 e. The summed E-state index contributed by atoms with van der Waals surface area (Å²) in [5, 5.41) is 0.696. The van der Waals surface area contributed by atoms with E-state index < -0.39 is 0 Å². The van der Waals surface area contributed by atoms with E-state index >= 15 is 0 Å². The highest BCUT2D eigenvalue weighted by Gasteiger charge is 2.33. The zero-order chi connectivity index (χ0) is 13.8. The summed E-state index contributed by atoms with van der Waals surface area (Å²) in [5.41, 5.74) is 1.03. The highest BCUT2D eigenvalue weighted by molar-refractivity contribution is 6.61. The van der Waals surface area contributed by atoms with Gasteiger partial charge in [0.25, 0.3) is 0 Å². The molecule has 0 aromatic heterocycles. The molecular weight excluding hydrogens is 274 g/mol. The molecule has 102 valence electrons. The molecule has 1 atom stereocenters. The molecule has 3 nitrogen and oxygen atoms in total. The molecule has 20 heavy (non-hydrogen) atoms. The lowest BCUT2D eigenvalue weighted by Gasteiger charge is -2.11. The van der Waals surface area contributed by atoms with Crippen molar-refractivity contribution in [3.8, 4) is 5.75 Å². The Balaban J connectivity index is 1.52. The van der Waals surface area contributed by atoms with E-state index in [0.29, 0.717) is 18.2 Å². The largest absolute Gasteiger partial charge is 0.494 e. The van der Waals surface area contributed by atoms with Gasteiger partial charge in [-0.15, -0.1) is 0 Å². The monoisotopic (exact) mass is 288 g/mol. The fraction of sp³-hybridized carbons (Fsp3) is 0.200. The number of hydrogen-bond donors (Lipinski definition) is 0. The standard InChI is InChI=1S/C15H14BClO3/c17-13-6-8-14(9-7-13)18-10-15-11-19-16(20-15)12-4-2-1-3-5-12/h1-9,15H,10-11H2. The van der Waals surface area contributed by atoms with Crippen molar-refractivity contribution in [2.24, 2.45) is 0 Å². The van der Waals surface area contributed by atoms with Gasteiger partial charge in [0, 0.05) is 5.02 Å². The number of benzene rings is 2. The Hall–Kier alpha value is -1.49. The molecule has 0 N–H and O–H groups in total. The maximum absolute atomic E-state index is 5.83. The summed E-state index contributed by atoms with van der Waals surface area (Å²) < 4.78 is 17.1. The molecule has 2 aromatic carbocycles. The number of rotatable bonds is 4. The summed E-state index contributed by atoms with van der Waals surface area (Å²) in [6, 6.07) is 17.2. The van der Waals surface area contributed by atoms with Crippen LogP contribution in [0, 0.1) is 0 Å². The summed E-state index contributed by atoms with van der Waals surface area (Å²) in [6.45, 7) is 0.998. The minimum absolute atomic E-state index is 0.0594. The Bertz CT molecular complexity index is 547. The Morgan fingerprint density at radius 2 is 1.85 bits per heavy atom. The molecule has 3 rings (SSSR count). The minimum atomic E-state index is -0.296. The van der Waals surface area contributed by atoms with E-state index in [9.17, 15) is 0 Å². The molecule has 0 amide bonds. The first-order chi connectivity index (χ1) is 9.81. The lowest BCUT2D eigenvalue weighted by Crippen LogP contribution is -2.33. The average Bonchev–Trinajstić information content (AvgIpc) is 2.97.